The van der Waals surface area contributed by atoms with Gasteiger partial charge in [0.2, 0.25) is 0 Å². The minimum atomic E-state index is -0.835. The second kappa shape index (κ2) is 3.34. The van der Waals surface area contributed by atoms with Crippen LogP contribution < -0.4 is 5.32 Å². The van der Waals surface area contributed by atoms with Crippen molar-refractivity contribution in [3.63, 3.8) is 0 Å². The normalized spacial score (nSPS) is 20.2. The summed E-state index contributed by atoms with van der Waals surface area (Å²) >= 11 is 0. The van der Waals surface area contributed by atoms with Crippen molar-refractivity contribution >= 4 is 5.97 Å². The SMILES string of the molecule is Cc1cnc2c(n1)CNC(C(=O)O)C2. The number of fused-ring (bicyclic) bond motifs is 1. The van der Waals surface area contributed by atoms with Gasteiger partial charge in [-0.15, -0.1) is 0 Å². The van der Waals surface area contributed by atoms with Gasteiger partial charge in [0.05, 0.1) is 17.1 Å². The Balaban J connectivity index is 2.27. The number of nitrogens with one attached hydrogen (secondary N) is 1. The Hall–Kier alpha value is -1.49. The smallest absolute Gasteiger partial charge is 0.321 e. The van der Waals surface area contributed by atoms with Gasteiger partial charge < -0.3 is 5.11 Å². The van der Waals surface area contributed by atoms with Gasteiger partial charge in [-0.25, -0.2) is 0 Å². The lowest BCUT2D eigenvalue weighted by Gasteiger charge is -2.21. The molecule has 14 heavy (non-hydrogen) atoms. The highest BCUT2D eigenvalue weighted by molar-refractivity contribution is 5.74. The third kappa shape index (κ3) is 1.58. The number of rotatable bonds is 1. The van der Waals surface area contributed by atoms with Crippen LogP contribution in [-0.2, 0) is 17.8 Å². The Morgan fingerprint density at radius 2 is 2.43 bits per heavy atom. The maximum absolute atomic E-state index is 10.7. The van der Waals surface area contributed by atoms with E-state index in [1.54, 1.807) is 6.20 Å². The topological polar surface area (TPSA) is 75.1 Å². The average molecular weight is 193 g/mol. The van der Waals surface area contributed by atoms with Gasteiger partial charge in [0.25, 0.3) is 0 Å². The van der Waals surface area contributed by atoms with Crippen molar-refractivity contribution in [2.45, 2.75) is 25.9 Å². The summed E-state index contributed by atoms with van der Waals surface area (Å²) < 4.78 is 0. The van der Waals surface area contributed by atoms with Crippen LogP contribution in [0.5, 0.6) is 0 Å². The van der Waals surface area contributed by atoms with Crippen molar-refractivity contribution in [1.29, 1.82) is 0 Å². The number of nitrogens with zero attached hydrogens (tertiary/aromatic N) is 2. The lowest BCUT2D eigenvalue weighted by Crippen LogP contribution is -2.42. The zero-order valence-corrected chi connectivity index (χ0v) is 7.82. The van der Waals surface area contributed by atoms with Crippen molar-refractivity contribution in [1.82, 2.24) is 15.3 Å². The van der Waals surface area contributed by atoms with Crippen LogP contribution >= 0.6 is 0 Å². The summed E-state index contributed by atoms with van der Waals surface area (Å²) in [5, 5.41) is 11.7. The number of hydrogen-bond acceptors (Lipinski definition) is 4. The van der Waals surface area contributed by atoms with E-state index in [1.807, 2.05) is 6.92 Å². The summed E-state index contributed by atoms with van der Waals surface area (Å²) in [6.45, 7) is 2.36. The van der Waals surface area contributed by atoms with E-state index in [0.717, 1.165) is 17.1 Å². The molecule has 0 amide bonds. The van der Waals surface area contributed by atoms with E-state index in [0.29, 0.717) is 13.0 Å². The maximum Gasteiger partial charge on any atom is 0.321 e. The lowest BCUT2D eigenvalue weighted by atomic mass is 10.1. The summed E-state index contributed by atoms with van der Waals surface area (Å²) in [5.74, 6) is -0.835. The highest BCUT2D eigenvalue weighted by Gasteiger charge is 2.25. The Morgan fingerprint density at radius 3 is 3.14 bits per heavy atom. The van der Waals surface area contributed by atoms with E-state index < -0.39 is 12.0 Å². The molecule has 0 aliphatic carbocycles. The summed E-state index contributed by atoms with van der Waals surface area (Å²) in [6, 6.07) is -0.528. The first-order chi connectivity index (χ1) is 6.66. The average Bonchev–Trinajstić information content (AvgIpc) is 2.16. The molecule has 0 fully saturated rings. The van der Waals surface area contributed by atoms with E-state index >= 15 is 0 Å². The van der Waals surface area contributed by atoms with Crippen LogP contribution in [0.25, 0.3) is 0 Å². The predicted molar refractivity (Wildman–Crippen MR) is 48.7 cm³/mol. The fourth-order valence-corrected chi connectivity index (χ4v) is 1.52. The molecule has 2 rings (SSSR count). The fraction of sp³-hybridized carbons (Fsp3) is 0.444. The van der Waals surface area contributed by atoms with E-state index in [1.165, 1.54) is 0 Å². The zero-order valence-electron chi connectivity index (χ0n) is 7.82. The van der Waals surface area contributed by atoms with Gasteiger partial charge in [-0.05, 0) is 6.92 Å². The van der Waals surface area contributed by atoms with Gasteiger partial charge in [0.1, 0.15) is 6.04 Å². The van der Waals surface area contributed by atoms with Crippen molar-refractivity contribution in [3.05, 3.63) is 23.3 Å². The molecule has 5 heteroatoms. The molecule has 0 aromatic carbocycles. The van der Waals surface area contributed by atoms with Crippen molar-refractivity contribution in [3.8, 4) is 0 Å². The standard InChI is InChI=1S/C9H11N3O2/c1-5-3-10-6-2-7(9(13)14)11-4-8(6)12-5/h3,7,11H,2,4H2,1H3,(H,13,14). The van der Waals surface area contributed by atoms with Crippen LogP contribution in [0.3, 0.4) is 0 Å². The van der Waals surface area contributed by atoms with Crippen LogP contribution in [0.2, 0.25) is 0 Å². The molecule has 1 atom stereocenters. The summed E-state index contributed by atoms with van der Waals surface area (Å²) in [5.41, 5.74) is 2.52. The second-order valence-electron chi connectivity index (χ2n) is 3.38. The molecule has 0 spiro atoms. The molecule has 0 saturated carbocycles. The van der Waals surface area contributed by atoms with Crippen molar-refractivity contribution < 1.29 is 9.90 Å². The van der Waals surface area contributed by atoms with Gasteiger partial charge in [0.15, 0.2) is 0 Å². The Kier molecular flexibility index (Phi) is 2.17. The Bertz CT molecular complexity index is 378. The van der Waals surface area contributed by atoms with Gasteiger partial charge >= 0.3 is 5.97 Å². The van der Waals surface area contributed by atoms with E-state index in [9.17, 15) is 4.79 Å². The van der Waals surface area contributed by atoms with Gasteiger partial charge in [0, 0.05) is 19.2 Å². The van der Waals surface area contributed by atoms with E-state index in [2.05, 4.69) is 15.3 Å². The molecular weight excluding hydrogens is 182 g/mol. The van der Waals surface area contributed by atoms with Gasteiger partial charge in [-0.1, -0.05) is 0 Å². The number of aromatic nitrogens is 2. The number of carboxylic acid groups (broad SMARTS) is 1. The molecule has 1 aromatic heterocycles. The molecule has 0 radical (unpaired) electrons. The highest BCUT2D eigenvalue weighted by atomic mass is 16.4. The molecule has 1 aliphatic rings. The predicted octanol–water partition coefficient (Wildman–Crippen LogP) is -0.116. The largest absolute Gasteiger partial charge is 0.480 e. The molecule has 5 nitrogen and oxygen atoms in total. The molecule has 1 aliphatic heterocycles. The molecular formula is C9H11N3O2. The quantitative estimate of drug-likeness (QED) is 0.650. The lowest BCUT2D eigenvalue weighted by molar-refractivity contribution is -0.139. The molecule has 0 bridgehead atoms. The van der Waals surface area contributed by atoms with Gasteiger partial charge in [-0.2, -0.15) is 0 Å². The molecule has 2 heterocycles. The second-order valence-corrected chi connectivity index (χ2v) is 3.38. The number of carbonyl (C=O) groups is 1. The van der Waals surface area contributed by atoms with E-state index in [4.69, 9.17) is 5.11 Å². The fourth-order valence-electron chi connectivity index (χ4n) is 1.52. The van der Waals surface area contributed by atoms with Crippen LogP contribution in [0.1, 0.15) is 17.1 Å². The molecule has 0 saturated heterocycles. The van der Waals surface area contributed by atoms with Crippen molar-refractivity contribution in [2.75, 3.05) is 0 Å². The number of carboxylic acids is 1. The van der Waals surface area contributed by atoms with Crippen molar-refractivity contribution in [2.24, 2.45) is 0 Å². The molecule has 2 N–H and O–H groups in total. The maximum atomic E-state index is 10.7. The van der Waals surface area contributed by atoms with Crippen LogP contribution in [0, 0.1) is 6.92 Å². The molecule has 1 unspecified atom stereocenters. The highest BCUT2D eigenvalue weighted by Crippen LogP contribution is 2.12. The first-order valence-electron chi connectivity index (χ1n) is 4.44. The first kappa shape index (κ1) is 9.08. The minimum absolute atomic E-state index is 0.415. The number of hydrogen-bond donors (Lipinski definition) is 2. The van der Waals surface area contributed by atoms with E-state index in [-0.39, 0.29) is 0 Å². The van der Waals surface area contributed by atoms with Crippen LogP contribution in [-0.4, -0.2) is 27.1 Å². The summed E-state index contributed by atoms with van der Waals surface area (Å²) in [7, 11) is 0. The van der Waals surface area contributed by atoms with Crippen LogP contribution in [0.4, 0.5) is 0 Å². The third-order valence-electron chi connectivity index (χ3n) is 2.26. The Labute approximate surface area is 81.2 Å². The number of aryl methyl sites for hydroxylation is 1. The molecule has 1 aromatic rings. The first-order valence-corrected chi connectivity index (χ1v) is 4.44. The Morgan fingerprint density at radius 1 is 1.64 bits per heavy atom. The monoisotopic (exact) mass is 193 g/mol. The number of aliphatic carboxylic acids is 1. The molecule has 74 valence electrons. The zero-order chi connectivity index (χ0) is 10.1. The van der Waals surface area contributed by atoms with Gasteiger partial charge in [-0.3, -0.25) is 20.1 Å². The van der Waals surface area contributed by atoms with Crippen LogP contribution in [0.15, 0.2) is 6.20 Å². The summed E-state index contributed by atoms with van der Waals surface area (Å²) in [6.07, 6.45) is 2.08. The minimum Gasteiger partial charge on any atom is -0.480 e. The third-order valence-corrected chi connectivity index (χ3v) is 2.26. The summed E-state index contributed by atoms with van der Waals surface area (Å²) in [4.78, 5) is 19.2.